The smallest absolute Gasteiger partial charge is 0.253 e. The summed E-state index contributed by atoms with van der Waals surface area (Å²) >= 11 is 0. The van der Waals surface area contributed by atoms with E-state index in [1.54, 1.807) is 24.4 Å². The van der Waals surface area contributed by atoms with Gasteiger partial charge in [0.05, 0.1) is 17.8 Å². The largest absolute Gasteiger partial charge is 0.370 e. The fraction of sp³-hybridized carbons (Fsp3) is 0.308. The van der Waals surface area contributed by atoms with Gasteiger partial charge in [0.15, 0.2) is 5.76 Å². The molecule has 0 atom stereocenters. The molecular formula is C13H16N4O2. The Hall–Kier alpha value is -2.37. The summed E-state index contributed by atoms with van der Waals surface area (Å²) in [5, 5.41) is 9.57. The number of carbonyl (C=O) groups is 1. The number of hydrogen-bond acceptors (Lipinski definition) is 5. The van der Waals surface area contributed by atoms with E-state index in [4.69, 9.17) is 4.52 Å². The summed E-state index contributed by atoms with van der Waals surface area (Å²) in [6.07, 6.45) is 1.54. The maximum Gasteiger partial charge on any atom is 0.253 e. The first-order chi connectivity index (χ1) is 9.19. The van der Waals surface area contributed by atoms with E-state index in [0.717, 1.165) is 18.1 Å². The van der Waals surface area contributed by atoms with E-state index in [-0.39, 0.29) is 5.91 Å². The van der Waals surface area contributed by atoms with Gasteiger partial charge in [0.25, 0.3) is 5.91 Å². The zero-order valence-electron chi connectivity index (χ0n) is 10.9. The molecule has 2 rings (SSSR count). The van der Waals surface area contributed by atoms with Crippen molar-refractivity contribution in [3.05, 3.63) is 41.4 Å². The Balaban J connectivity index is 1.92. The van der Waals surface area contributed by atoms with E-state index in [9.17, 15) is 4.79 Å². The maximum atomic E-state index is 11.9. The quantitative estimate of drug-likeness (QED) is 0.856. The summed E-state index contributed by atoms with van der Waals surface area (Å²) in [4.78, 5) is 16.0. The van der Waals surface area contributed by atoms with Gasteiger partial charge in [-0.25, -0.2) is 4.98 Å². The molecule has 0 fully saturated rings. The predicted molar refractivity (Wildman–Crippen MR) is 70.8 cm³/mol. The van der Waals surface area contributed by atoms with Gasteiger partial charge in [0.2, 0.25) is 0 Å². The standard InChI is InChI=1S/C13H16N4O2/c1-3-14-12-5-4-10(7-15-12)13(18)16-8-11-6-9(2)17-19-11/h4-7H,3,8H2,1-2H3,(H,14,15)(H,16,18). The first-order valence-electron chi connectivity index (χ1n) is 6.09. The van der Waals surface area contributed by atoms with E-state index in [1.807, 2.05) is 13.8 Å². The minimum atomic E-state index is -0.190. The lowest BCUT2D eigenvalue weighted by molar-refractivity contribution is 0.0946. The monoisotopic (exact) mass is 260 g/mol. The molecule has 2 N–H and O–H groups in total. The van der Waals surface area contributed by atoms with E-state index in [2.05, 4.69) is 20.8 Å². The molecule has 6 nitrogen and oxygen atoms in total. The van der Waals surface area contributed by atoms with Crippen molar-refractivity contribution in [1.82, 2.24) is 15.5 Å². The summed E-state index contributed by atoms with van der Waals surface area (Å²) in [6.45, 7) is 4.93. The molecule has 0 aliphatic rings. The number of hydrogen-bond donors (Lipinski definition) is 2. The van der Waals surface area contributed by atoms with Crippen molar-refractivity contribution in [2.75, 3.05) is 11.9 Å². The lowest BCUT2D eigenvalue weighted by Crippen LogP contribution is -2.22. The van der Waals surface area contributed by atoms with Crippen LogP contribution in [0.2, 0.25) is 0 Å². The Morgan fingerprint density at radius 2 is 2.26 bits per heavy atom. The summed E-state index contributed by atoms with van der Waals surface area (Å²) in [7, 11) is 0. The number of aryl methyl sites for hydroxylation is 1. The second kappa shape index (κ2) is 5.99. The molecular weight excluding hydrogens is 244 g/mol. The molecule has 6 heteroatoms. The van der Waals surface area contributed by atoms with Gasteiger partial charge in [-0.1, -0.05) is 5.16 Å². The van der Waals surface area contributed by atoms with E-state index >= 15 is 0 Å². The average Bonchev–Trinajstić information content (AvgIpc) is 2.83. The number of nitrogens with zero attached hydrogens (tertiary/aromatic N) is 2. The fourth-order valence-electron chi connectivity index (χ4n) is 1.58. The van der Waals surface area contributed by atoms with Gasteiger partial charge < -0.3 is 15.2 Å². The van der Waals surface area contributed by atoms with Gasteiger partial charge >= 0.3 is 0 Å². The van der Waals surface area contributed by atoms with Crippen molar-refractivity contribution in [2.24, 2.45) is 0 Å². The van der Waals surface area contributed by atoms with Crippen LogP contribution in [-0.2, 0) is 6.54 Å². The highest BCUT2D eigenvalue weighted by atomic mass is 16.5. The minimum absolute atomic E-state index is 0.190. The second-order valence-corrected chi connectivity index (χ2v) is 4.08. The maximum absolute atomic E-state index is 11.9. The molecule has 0 saturated heterocycles. The van der Waals surface area contributed by atoms with Gasteiger partial charge in [-0.05, 0) is 26.0 Å². The molecule has 0 saturated carbocycles. The van der Waals surface area contributed by atoms with Crippen LogP contribution in [0.25, 0.3) is 0 Å². The van der Waals surface area contributed by atoms with Gasteiger partial charge in [0, 0.05) is 18.8 Å². The molecule has 100 valence electrons. The Bertz CT molecular complexity index is 548. The number of rotatable bonds is 5. The van der Waals surface area contributed by atoms with Crippen LogP contribution in [0, 0.1) is 6.92 Å². The topological polar surface area (TPSA) is 80.0 Å². The van der Waals surface area contributed by atoms with E-state index in [1.165, 1.54) is 0 Å². The summed E-state index contributed by atoms with van der Waals surface area (Å²) in [5.41, 5.74) is 1.30. The van der Waals surface area contributed by atoms with Crippen LogP contribution in [0.15, 0.2) is 28.9 Å². The van der Waals surface area contributed by atoms with Gasteiger partial charge in [-0.2, -0.15) is 0 Å². The van der Waals surface area contributed by atoms with Crippen LogP contribution in [-0.4, -0.2) is 22.6 Å². The number of aromatic nitrogens is 2. The lowest BCUT2D eigenvalue weighted by atomic mass is 10.2. The number of anilines is 1. The first kappa shape index (κ1) is 13.1. The van der Waals surface area contributed by atoms with Crippen LogP contribution in [0.3, 0.4) is 0 Å². The molecule has 2 heterocycles. The zero-order chi connectivity index (χ0) is 13.7. The van der Waals surface area contributed by atoms with Crippen molar-refractivity contribution in [1.29, 1.82) is 0 Å². The normalized spacial score (nSPS) is 10.2. The lowest BCUT2D eigenvalue weighted by Gasteiger charge is -2.04. The molecule has 0 aliphatic heterocycles. The summed E-state index contributed by atoms with van der Waals surface area (Å²) in [5.74, 6) is 1.19. The van der Waals surface area contributed by atoms with Crippen LogP contribution >= 0.6 is 0 Å². The van der Waals surface area contributed by atoms with Crippen LogP contribution < -0.4 is 10.6 Å². The molecule has 0 unspecified atom stereocenters. The highest BCUT2D eigenvalue weighted by Gasteiger charge is 2.07. The molecule has 19 heavy (non-hydrogen) atoms. The summed E-state index contributed by atoms with van der Waals surface area (Å²) < 4.78 is 5.01. The highest BCUT2D eigenvalue weighted by molar-refractivity contribution is 5.93. The Morgan fingerprint density at radius 1 is 1.42 bits per heavy atom. The molecule has 2 aromatic rings. The third kappa shape index (κ3) is 3.54. The summed E-state index contributed by atoms with van der Waals surface area (Å²) in [6, 6.07) is 5.29. The van der Waals surface area contributed by atoms with E-state index in [0.29, 0.717) is 17.9 Å². The second-order valence-electron chi connectivity index (χ2n) is 4.08. The highest BCUT2D eigenvalue weighted by Crippen LogP contribution is 2.06. The Kier molecular flexibility index (Phi) is 4.12. The van der Waals surface area contributed by atoms with Crippen molar-refractivity contribution in [3.63, 3.8) is 0 Å². The molecule has 0 spiro atoms. The predicted octanol–water partition coefficient (Wildman–Crippen LogP) is 1.74. The van der Waals surface area contributed by atoms with Crippen LogP contribution in [0.4, 0.5) is 5.82 Å². The molecule has 1 amide bonds. The van der Waals surface area contributed by atoms with Gasteiger partial charge in [-0.3, -0.25) is 4.79 Å². The van der Waals surface area contributed by atoms with Crippen molar-refractivity contribution >= 4 is 11.7 Å². The molecule has 0 radical (unpaired) electrons. The van der Waals surface area contributed by atoms with Crippen molar-refractivity contribution in [3.8, 4) is 0 Å². The van der Waals surface area contributed by atoms with Gasteiger partial charge in [0.1, 0.15) is 5.82 Å². The minimum Gasteiger partial charge on any atom is -0.370 e. The number of pyridine rings is 1. The molecule has 0 aromatic carbocycles. The van der Waals surface area contributed by atoms with Gasteiger partial charge in [-0.15, -0.1) is 0 Å². The Labute approximate surface area is 111 Å². The number of amides is 1. The number of carbonyl (C=O) groups excluding carboxylic acids is 1. The third-order valence-corrected chi connectivity index (χ3v) is 2.48. The van der Waals surface area contributed by atoms with E-state index < -0.39 is 0 Å². The zero-order valence-corrected chi connectivity index (χ0v) is 10.9. The molecule has 0 bridgehead atoms. The molecule has 0 aliphatic carbocycles. The third-order valence-electron chi connectivity index (χ3n) is 2.48. The van der Waals surface area contributed by atoms with Crippen molar-refractivity contribution in [2.45, 2.75) is 20.4 Å². The Morgan fingerprint density at radius 3 is 2.84 bits per heavy atom. The SMILES string of the molecule is CCNc1ccc(C(=O)NCc2cc(C)no2)cn1. The van der Waals surface area contributed by atoms with Crippen LogP contribution in [0.5, 0.6) is 0 Å². The average molecular weight is 260 g/mol. The first-order valence-corrected chi connectivity index (χ1v) is 6.09. The van der Waals surface area contributed by atoms with Crippen LogP contribution in [0.1, 0.15) is 28.7 Å². The van der Waals surface area contributed by atoms with Crippen molar-refractivity contribution < 1.29 is 9.32 Å². The molecule has 2 aromatic heterocycles. The number of nitrogens with one attached hydrogen (secondary N) is 2. The fourth-order valence-corrected chi connectivity index (χ4v) is 1.58.